The summed E-state index contributed by atoms with van der Waals surface area (Å²) >= 11 is 0. The number of halogens is 3. The van der Waals surface area contributed by atoms with Gasteiger partial charge in [-0.25, -0.2) is 4.90 Å². The van der Waals surface area contributed by atoms with Gasteiger partial charge in [0.2, 0.25) is 0 Å². The van der Waals surface area contributed by atoms with E-state index in [0.717, 1.165) is 17.0 Å². The minimum atomic E-state index is -4.56. The molecule has 0 bridgehead atoms. The molecule has 2 aromatic rings. The van der Waals surface area contributed by atoms with Gasteiger partial charge in [0.25, 0.3) is 11.8 Å². The van der Waals surface area contributed by atoms with Gasteiger partial charge < -0.3 is 4.42 Å². The van der Waals surface area contributed by atoms with Crippen LogP contribution in [0.15, 0.2) is 22.6 Å². The second-order valence-corrected chi connectivity index (χ2v) is 5.47. The normalized spacial score (nSPS) is 14.6. The largest absolute Gasteiger partial charge is 0.465 e. The van der Waals surface area contributed by atoms with Crippen LogP contribution in [0.1, 0.15) is 43.4 Å². The second-order valence-electron chi connectivity index (χ2n) is 5.47. The SMILES string of the molecule is Cc1cc(N2C(=O)c3c(C)oc(C)c3C2=O)cc(C(F)(F)F)c1. The number of imide groups is 1. The number of carbonyl (C=O) groups excluding carboxylic acids is 2. The summed E-state index contributed by atoms with van der Waals surface area (Å²) in [5, 5.41) is 0. The van der Waals surface area contributed by atoms with Gasteiger partial charge in [0.15, 0.2) is 0 Å². The topological polar surface area (TPSA) is 50.5 Å². The Morgan fingerprint density at radius 3 is 1.91 bits per heavy atom. The summed E-state index contributed by atoms with van der Waals surface area (Å²) in [7, 11) is 0. The predicted octanol–water partition coefficient (Wildman–Crippen LogP) is 4.02. The van der Waals surface area contributed by atoms with Gasteiger partial charge in [0.1, 0.15) is 11.5 Å². The Morgan fingerprint density at radius 2 is 1.43 bits per heavy atom. The monoisotopic (exact) mass is 323 g/mol. The van der Waals surface area contributed by atoms with E-state index in [-0.39, 0.29) is 28.3 Å². The lowest BCUT2D eigenvalue weighted by Gasteiger charge is -2.17. The van der Waals surface area contributed by atoms with Crippen LogP contribution in [0.4, 0.5) is 18.9 Å². The molecule has 0 saturated heterocycles. The highest BCUT2D eigenvalue weighted by atomic mass is 19.4. The highest BCUT2D eigenvalue weighted by molar-refractivity contribution is 6.35. The van der Waals surface area contributed by atoms with Crippen molar-refractivity contribution in [1.82, 2.24) is 0 Å². The molecule has 1 aliphatic rings. The molecule has 1 aromatic heterocycles. The fourth-order valence-corrected chi connectivity index (χ4v) is 2.80. The maximum absolute atomic E-state index is 13.0. The molecule has 120 valence electrons. The first-order valence-corrected chi connectivity index (χ1v) is 6.79. The minimum Gasteiger partial charge on any atom is -0.465 e. The number of alkyl halides is 3. The number of furan rings is 1. The van der Waals surface area contributed by atoms with Gasteiger partial charge in [0.05, 0.1) is 22.4 Å². The van der Waals surface area contributed by atoms with E-state index in [1.165, 1.54) is 26.8 Å². The fourth-order valence-electron chi connectivity index (χ4n) is 2.80. The van der Waals surface area contributed by atoms with Gasteiger partial charge in [-0.15, -0.1) is 0 Å². The molecule has 4 nitrogen and oxygen atoms in total. The number of amides is 2. The molecule has 0 radical (unpaired) electrons. The smallest absolute Gasteiger partial charge is 0.416 e. The molecule has 0 atom stereocenters. The van der Waals surface area contributed by atoms with Crippen molar-refractivity contribution in [1.29, 1.82) is 0 Å². The third-order valence-electron chi connectivity index (χ3n) is 3.74. The molecule has 0 aliphatic carbocycles. The molecule has 7 heteroatoms. The lowest BCUT2D eigenvalue weighted by molar-refractivity contribution is -0.137. The van der Waals surface area contributed by atoms with Crippen LogP contribution in [-0.2, 0) is 6.18 Å². The number of carbonyl (C=O) groups is 2. The first kappa shape index (κ1) is 15.3. The number of aryl methyl sites for hydroxylation is 3. The van der Waals surface area contributed by atoms with Crippen LogP contribution < -0.4 is 4.90 Å². The number of anilines is 1. The Balaban J connectivity index is 2.15. The Kier molecular flexibility index (Phi) is 3.14. The van der Waals surface area contributed by atoms with Crippen LogP contribution in [0, 0.1) is 20.8 Å². The van der Waals surface area contributed by atoms with E-state index >= 15 is 0 Å². The molecule has 0 saturated carbocycles. The van der Waals surface area contributed by atoms with Crippen molar-refractivity contribution in [3.8, 4) is 0 Å². The Labute approximate surface area is 129 Å². The summed E-state index contributed by atoms with van der Waals surface area (Å²) in [6, 6.07) is 3.14. The highest BCUT2D eigenvalue weighted by Gasteiger charge is 2.43. The summed E-state index contributed by atoms with van der Waals surface area (Å²) in [6.45, 7) is 4.55. The Hall–Kier alpha value is -2.57. The van der Waals surface area contributed by atoms with E-state index in [9.17, 15) is 22.8 Å². The summed E-state index contributed by atoms with van der Waals surface area (Å²) < 4.78 is 44.1. The molecule has 0 N–H and O–H groups in total. The Bertz CT molecular complexity index is 812. The number of hydrogen-bond donors (Lipinski definition) is 0. The van der Waals surface area contributed by atoms with Gasteiger partial charge in [-0.05, 0) is 44.5 Å². The van der Waals surface area contributed by atoms with E-state index in [0.29, 0.717) is 5.56 Å². The van der Waals surface area contributed by atoms with Gasteiger partial charge in [-0.2, -0.15) is 13.2 Å². The van der Waals surface area contributed by atoms with Gasteiger partial charge in [-0.1, -0.05) is 0 Å². The molecule has 2 heterocycles. The summed E-state index contributed by atoms with van der Waals surface area (Å²) in [5.41, 5.74) is -0.467. The van der Waals surface area contributed by atoms with E-state index in [1.54, 1.807) is 0 Å². The number of fused-ring (bicyclic) bond motifs is 1. The standard InChI is InChI=1S/C16H12F3NO3/c1-7-4-10(16(17,18)19)6-11(5-7)20-14(21)12-8(2)23-9(3)13(12)15(20)22/h4-6H,1-3H3. The summed E-state index contributed by atoms with van der Waals surface area (Å²) in [6.07, 6.45) is -4.56. The molecular weight excluding hydrogens is 311 g/mol. The third kappa shape index (κ3) is 2.23. The molecule has 1 aromatic carbocycles. The lowest BCUT2D eigenvalue weighted by atomic mass is 10.1. The second kappa shape index (κ2) is 4.71. The van der Waals surface area contributed by atoms with Crippen molar-refractivity contribution in [3.05, 3.63) is 52.0 Å². The van der Waals surface area contributed by atoms with Crippen LogP contribution in [0.25, 0.3) is 0 Å². The van der Waals surface area contributed by atoms with Crippen molar-refractivity contribution in [2.24, 2.45) is 0 Å². The first-order valence-electron chi connectivity index (χ1n) is 6.79. The summed E-state index contributed by atoms with van der Waals surface area (Å²) in [5.74, 6) is -0.778. The number of hydrogen-bond acceptors (Lipinski definition) is 3. The maximum Gasteiger partial charge on any atom is 0.416 e. The molecule has 0 unspecified atom stereocenters. The first-order chi connectivity index (χ1) is 10.6. The van der Waals surface area contributed by atoms with Crippen molar-refractivity contribution in [2.45, 2.75) is 26.9 Å². The van der Waals surface area contributed by atoms with Crippen LogP contribution in [0.2, 0.25) is 0 Å². The minimum absolute atomic E-state index is 0.0951. The zero-order valence-corrected chi connectivity index (χ0v) is 12.5. The molecule has 3 rings (SSSR count). The molecule has 0 spiro atoms. The van der Waals surface area contributed by atoms with Crippen LogP contribution in [0.5, 0.6) is 0 Å². The number of rotatable bonds is 1. The third-order valence-corrected chi connectivity index (χ3v) is 3.74. The average Bonchev–Trinajstić information content (AvgIpc) is 2.85. The van der Waals surface area contributed by atoms with Crippen LogP contribution in [-0.4, -0.2) is 11.8 Å². The van der Waals surface area contributed by atoms with Crippen molar-refractivity contribution in [2.75, 3.05) is 4.90 Å². The predicted molar refractivity (Wildman–Crippen MR) is 75.5 cm³/mol. The van der Waals surface area contributed by atoms with Crippen molar-refractivity contribution < 1.29 is 27.2 Å². The maximum atomic E-state index is 13.0. The number of nitrogens with zero attached hydrogens (tertiary/aromatic N) is 1. The van der Waals surface area contributed by atoms with E-state index < -0.39 is 23.6 Å². The van der Waals surface area contributed by atoms with E-state index in [2.05, 4.69) is 0 Å². The highest BCUT2D eigenvalue weighted by Crippen LogP contribution is 2.37. The molecule has 23 heavy (non-hydrogen) atoms. The fraction of sp³-hybridized carbons (Fsp3) is 0.250. The van der Waals surface area contributed by atoms with Crippen molar-refractivity contribution >= 4 is 17.5 Å². The van der Waals surface area contributed by atoms with Crippen LogP contribution in [0.3, 0.4) is 0 Å². The average molecular weight is 323 g/mol. The van der Waals surface area contributed by atoms with Gasteiger partial charge in [0, 0.05) is 0 Å². The zero-order chi connectivity index (χ0) is 17.1. The Morgan fingerprint density at radius 1 is 0.913 bits per heavy atom. The van der Waals surface area contributed by atoms with E-state index in [4.69, 9.17) is 4.42 Å². The van der Waals surface area contributed by atoms with E-state index in [1.807, 2.05) is 0 Å². The van der Waals surface area contributed by atoms with Gasteiger partial charge in [-0.3, -0.25) is 9.59 Å². The van der Waals surface area contributed by atoms with Crippen LogP contribution >= 0.6 is 0 Å². The zero-order valence-electron chi connectivity index (χ0n) is 12.5. The van der Waals surface area contributed by atoms with Crippen molar-refractivity contribution in [3.63, 3.8) is 0 Å². The number of benzene rings is 1. The molecular formula is C16H12F3NO3. The molecule has 2 amide bonds. The lowest BCUT2D eigenvalue weighted by Crippen LogP contribution is -2.30. The van der Waals surface area contributed by atoms with Gasteiger partial charge >= 0.3 is 6.18 Å². The quantitative estimate of drug-likeness (QED) is 0.745. The molecule has 0 fully saturated rings. The summed E-state index contributed by atoms with van der Waals surface area (Å²) in [4.78, 5) is 25.7. The molecule has 1 aliphatic heterocycles.